The van der Waals surface area contributed by atoms with Gasteiger partial charge >= 0.3 is 48.4 Å². The third-order valence-corrected chi connectivity index (χ3v) is 20.2. The molecular weight excluding hydrogens is 1440 g/mol. The SMILES string of the molecule is Cc1ccc(OP(=[OH+])(Oc2ccc(C)cc2)Oc2ccc(C)cc2)cc1.Cc1ccc(OP(=[OH+])(Oc2ccc(C)cc2)Oc2ccc(C)cc2)cc1.Cc1ccc(OP(=[OH+])(Oc2ccc(C)cc2)Oc2ccc(C)cc2)cc1.Cc1ccc(OP(=[OH+])(Oc2ccc(C)cc2)Oc2ccc(C)cc2)cc1.[Mn+2]. The summed E-state index contributed by atoms with van der Waals surface area (Å²) >= 11 is 0. The molecule has 541 valence electrons. The Morgan fingerprint density at radius 1 is 0.133 bits per heavy atom. The minimum atomic E-state index is -3.68. The number of hydrogen-bond donors (Lipinski definition) is 0. The van der Waals surface area contributed by atoms with Crippen molar-refractivity contribution >= 4 is 31.3 Å². The van der Waals surface area contributed by atoms with Gasteiger partial charge in [-0.15, -0.1) is 0 Å². The summed E-state index contributed by atoms with van der Waals surface area (Å²) in [7, 11) is -14.7. The third-order valence-electron chi connectivity index (χ3n) is 14.9. The van der Waals surface area contributed by atoms with Crippen LogP contribution in [0.15, 0.2) is 291 Å². The fourth-order valence-corrected chi connectivity index (χ4v) is 14.1. The summed E-state index contributed by atoms with van der Waals surface area (Å²) < 4.78 is 113. The van der Waals surface area contributed by atoms with E-state index in [2.05, 4.69) is 0 Å². The van der Waals surface area contributed by atoms with Gasteiger partial charge in [-0.05, 0) is 229 Å². The Balaban J connectivity index is 0.000000176. The smallest absolute Gasteiger partial charge is 0.344 e. The summed E-state index contributed by atoms with van der Waals surface area (Å²) in [6.45, 7) is 23.8. The maximum absolute atomic E-state index is 11.0. The van der Waals surface area contributed by atoms with Crippen LogP contribution in [0.1, 0.15) is 66.8 Å². The number of hydrogen-bond acceptors (Lipinski definition) is 12. The Hall–Kier alpha value is -10.3. The topological polar surface area (TPSA) is 196 Å². The monoisotopic (exact) mass is 1530 g/mol. The average molecular weight is 1530 g/mol. The Bertz CT molecular complexity index is 3750. The molecular formula is C84H88MnO16P4+6. The van der Waals surface area contributed by atoms with Gasteiger partial charge in [0.15, 0.2) is 0 Å². The van der Waals surface area contributed by atoms with E-state index in [1.54, 1.807) is 146 Å². The average Bonchev–Trinajstić information content (AvgIpc) is 0.843. The molecule has 0 unspecified atom stereocenters. The molecule has 16 nitrogen and oxygen atoms in total. The Labute approximate surface area is 627 Å². The fourth-order valence-electron chi connectivity index (χ4n) is 9.01. The molecule has 0 aliphatic heterocycles. The van der Waals surface area contributed by atoms with Crippen LogP contribution in [0.25, 0.3) is 0 Å². The Morgan fingerprint density at radius 2 is 0.190 bits per heavy atom. The van der Waals surface area contributed by atoms with Crippen LogP contribution < -0.4 is 54.3 Å². The third kappa shape index (κ3) is 27.3. The van der Waals surface area contributed by atoms with E-state index in [1.807, 2.05) is 229 Å². The Morgan fingerprint density at radius 3 is 0.248 bits per heavy atom. The van der Waals surface area contributed by atoms with E-state index in [-0.39, 0.29) is 17.1 Å². The van der Waals surface area contributed by atoms with Crippen LogP contribution in [0.4, 0.5) is 0 Å². The predicted molar refractivity (Wildman–Crippen MR) is 417 cm³/mol. The van der Waals surface area contributed by atoms with Gasteiger partial charge in [0.25, 0.3) is 0 Å². The van der Waals surface area contributed by atoms with Crippen molar-refractivity contribution in [2.45, 2.75) is 83.1 Å². The first kappa shape index (κ1) is 80.4. The normalized spacial score (nSPS) is 10.9. The van der Waals surface area contributed by atoms with E-state index in [1.165, 1.54) is 0 Å². The van der Waals surface area contributed by atoms with E-state index >= 15 is 0 Å². The Kier molecular flexibility index (Phi) is 29.0. The summed E-state index contributed by atoms with van der Waals surface area (Å²) in [6, 6.07) is 88.2. The van der Waals surface area contributed by atoms with E-state index in [4.69, 9.17) is 54.3 Å². The van der Waals surface area contributed by atoms with Crippen molar-refractivity contribution in [3.63, 3.8) is 0 Å². The molecule has 0 bridgehead atoms. The van der Waals surface area contributed by atoms with Gasteiger partial charge in [0.05, 0.1) is 0 Å². The molecule has 12 aromatic carbocycles. The van der Waals surface area contributed by atoms with Crippen LogP contribution in [-0.2, 0) is 17.1 Å². The van der Waals surface area contributed by atoms with Crippen molar-refractivity contribution in [2.24, 2.45) is 0 Å². The van der Waals surface area contributed by atoms with E-state index in [0.717, 1.165) is 66.8 Å². The zero-order chi connectivity index (χ0) is 74.3. The maximum atomic E-state index is 11.0. The van der Waals surface area contributed by atoms with Crippen molar-refractivity contribution in [3.8, 4) is 69.0 Å². The molecule has 12 rings (SSSR count). The van der Waals surface area contributed by atoms with Crippen LogP contribution in [0.3, 0.4) is 0 Å². The standard InChI is InChI=1S/4C21H21O4P.Mn/c4*1-16-4-10-19(11-5-16)23-26(22,24-20-12-6-17(2)7-13-20)25-21-14-8-18(3)9-15-21;/h4*4-15H,1-3H3;/q;;;;+2/p+4. The van der Waals surface area contributed by atoms with Crippen molar-refractivity contribution in [1.82, 2.24) is 0 Å². The molecule has 0 saturated heterocycles. The molecule has 12 aromatic rings. The van der Waals surface area contributed by atoms with Gasteiger partial charge in [-0.1, -0.05) is 212 Å². The van der Waals surface area contributed by atoms with Crippen LogP contribution in [0.5, 0.6) is 69.0 Å². The van der Waals surface area contributed by atoms with Gasteiger partial charge < -0.3 is 54.3 Å². The molecule has 0 amide bonds. The van der Waals surface area contributed by atoms with Gasteiger partial charge in [-0.3, -0.25) is 0 Å². The predicted octanol–water partition coefficient (Wildman–Crippen LogP) is 24.8. The van der Waals surface area contributed by atoms with Crippen LogP contribution >= 0.6 is 31.3 Å². The molecule has 1 radical (unpaired) electrons. The van der Waals surface area contributed by atoms with Crippen LogP contribution in [0.2, 0.25) is 0 Å². The molecule has 105 heavy (non-hydrogen) atoms. The molecule has 0 aliphatic rings. The molecule has 21 heteroatoms. The second-order valence-corrected chi connectivity index (χ2v) is 30.7. The minimum Gasteiger partial charge on any atom is -0.344 e. The first-order valence-corrected chi connectivity index (χ1v) is 39.3. The minimum absolute atomic E-state index is 0. The number of rotatable bonds is 24. The summed E-state index contributed by atoms with van der Waals surface area (Å²) in [6.07, 6.45) is 0. The van der Waals surface area contributed by atoms with Gasteiger partial charge in [0.2, 0.25) is 0 Å². The summed E-state index contributed by atoms with van der Waals surface area (Å²) in [5, 5.41) is 0. The van der Waals surface area contributed by atoms with Crippen molar-refractivity contribution in [3.05, 3.63) is 358 Å². The molecule has 0 aromatic heterocycles. The molecule has 0 atom stereocenters. The quantitative estimate of drug-likeness (QED) is 0.0316. The van der Waals surface area contributed by atoms with Gasteiger partial charge in [-0.2, -0.15) is 0 Å². The van der Waals surface area contributed by atoms with Crippen molar-refractivity contribution in [1.29, 1.82) is 0 Å². The van der Waals surface area contributed by atoms with E-state index in [9.17, 15) is 18.3 Å². The molecule has 0 saturated carbocycles. The zero-order valence-corrected chi connectivity index (χ0v) is 65.3. The van der Waals surface area contributed by atoms with Crippen molar-refractivity contribution in [2.75, 3.05) is 0 Å². The van der Waals surface area contributed by atoms with Crippen molar-refractivity contribution < 1.29 is 89.6 Å². The van der Waals surface area contributed by atoms with E-state index < -0.39 is 31.3 Å². The van der Waals surface area contributed by atoms with Gasteiger partial charge in [-0.25, -0.2) is 18.3 Å². The second-order valence-electron chi connectivity index (χ2n) is 24.7. The first-order chi connectivity index (χ1) is 49.7. The molecule has 4 N–H and O–H groups in total. The largest absolute Gasteiger partial charge is 2.00 e. The number of aryl methyl sites for hydroxylation is 12. The summed E-state index contributed by atoms with van der Waals surface area (Å²) in [5.74, 6) is 5.73. The van der Waals surface area contributed by atoms with Gasteiger partial charge in [0.1, 0.15) is 69.0 Å². The summed E-state index contributed by atoms with van der Waals surface area (Å²) in [5.41, 5.74) is 13.1. The summed E-state index contributed by atoms with van der Waals surface area (Å²) in [4.78, 5) is 0. The number of benzene rings is 12. The molecule has 0 fully saturated rings. The van der Waals surface area contributed by atoms with E-state index in [0.29, 0.717) is 69.0 Å². The molecule has 0 aliphatic carbocycles. The maximum Gasteiger partial charge on any atom is 2.00 e. The fraction of sp³-hybridized carbons (Fsp3) is 0.143. The molecule has 0 spiro atoms. The molecule has 0 heterocycles. The van der Waals surface area contributed by atoms with Gasteiger partial charge in [0, 0.05) is 0 Å². The van der Waals surface area contributed by atoms with Crippen LogP contribution in [-0.4, -0.2) is 18.3 Å². The van der Waals surface area contributed by atoms with Crippen LogP contribution in [0, 0.1) is 83.1 Å². The first-order valence-electron chi connectivity index (χ1n) is 33.3. The zero-order valence-electron chi connectivity index (χ0n) is 60.6. The second kappa shape index (κ2) is 37.9.